The molecule has 1 heterocycles. The Morgan fingerprint density at radius 1 is 0.690 bits per heavy atom. The van der Waals surface area contributed by atoms with E-state index in [1.54, 1.807) is 6.07 Å². The number of aromatic nitrogens is 2. The van der Waals surface area contributed by atoms with Crippen molar-refractivity contribution in [1.29, 1.82) is 10.5 Å². The molecule has 3 aromatic carbocycles. The molecule has 0 radical (unpaired) electrons. The van der Waals surface area contributed by atoms with Gasteiger partial charge in [-0.1, -0.05) is 60.7 Å². The second-order valence-electron chi connectivity index (χ2n) is 6.30. The summed E-state index contributed by atoms with van der Waals surface area (Å²) >= 11 is 0. The van der Waals surface area contributed by atoms with E-state index in [0.29, 0.717) is 11.4 Å². The highest BCUT2D eigenvalue weighted by molar-refractivity contribution is 5.72. The zero-order valence-electron chi connectivity index (χ0n) is 15.2. The fourth-order valence-electron chi connectivity index (χ4n) is 3.01. The Labute approximate surface area is 167 Å². The Kier molecular flexibility index (Phi) is 4.80. The van der Waals surface area contributed by atoms with Gasteiger partial charge in [0.05, 0.1) is 34.1 Å². The minimum absolute atomic E-state index is 0.0237. The van der Waals surface area contributed by atoms with Crippen molar-refractivity contribution in [3.8, 4) is 46.0 Å². The molecule has 4 nitrogen and oxygen atoms in total. The van der Waals surface area contributed by atoms with E-state index < -0.39 is 5.82 Å². The van der Waals surface area contributed by atoms with Gasteiger partial charge in [0.15, 0.2) is 11.6 Å². The van der Waals surface area contributed by atoms with Crippen LogP contribution in [0.1, 0.15) is 11.1 Å². The van der Waals surface area contributed by atoms with Crippen LogP contribution in [0.25, 0.3) is 33.9 Å². The van der Waals surface area contributed by atoms with Crippen molar-refractivity contribution in [3.63, 3.8) is 0 Å². The monoisotopic (exact) mass is 376 g/mol. The molecule has 4 aromatic rings. The van der Waals surface area contributed by atoms with Gasteiger partial charge in [0.1, 0.15) is 6.07 Å². The summed E-state index contributed by atoms with van der Waals surface area (Å²) in [6, 6.07) is 27.2. The largest absolute Gasteiger partial charge is 0.228 e. The highest BCUT2D eigenvalue weighted by Crippen LogP contribution is 2.30. The second-order valence-corrected chi connectivity index (χ2v) is 6.30. The summed E-state index contributed by atoms with van der Waals surface area (Å²) in [5.41, 5.74) is 2.93. The van der Waals surface area contributed by atoms with Gasteiger partial charge in [-0.3, -0.25) is 0 Å². The van der Waals surface area contributed by atoms with E-state index in [1.165, 1.54) is 12.1 Å². The summed E-state index contributed by atoms with van der Waals surface area (Å²) in [4.78, 5) is 9.08. The van der Waals surface area contributed by atoms with Crippen LogP contribution < -0.4 is 0 Å². The van der Waals surface area contributed by atoms with Crippen LogP contribution >= 0.6 is 0 Å². The van der Waals surface area contributed by atoms with E-state index in [9.17, 15) is 14.9 Å². The third-order valence-corrected chi connectivity index (χ3v) is 4.43. The van der Waals surface area contributed by atoms with Crippen molar-refractivity contribution < 1.29 is 4.39 Å². The van der Waals surface area contributed by atoms with Crippen molar-refractivity contribution in [2.75, 3.05) is 0 Å². The molecular formula is C24H13FN4. The number of nitrogens with zero attached hydrogens (tertiary/aromatic N) is 4. The van der Waals surface area contributed by atoms with Gasteiger partial charge in [-0.15, -0.1) is 0 Å². The van der Waals surface area contributed by atoms with Crippen LogP contribution in [0.5, 0.6) is 0 Å². The van der Waals surface area contributed by atoms with Gasteiger partial charge in [0, 0.05) is 11.1 Å². The zero-order valence-corrected chi connectivity index (χ0v) is 15.2. The Hall–Kier alpha value is -4.35. The second kappa shape index (κ2) is 7.72. The number of hydrogen-bond donors (Lipinski definition) is 0. The standard InChI is InChI=1S/C24H13FN4/c25-23-19(15-27)11-16(14-26)12-20(23)24-28-21(17-7-3-1-4-8-17)13-22(29-24)18-9-5-2-6-10-18/h1-13H. The van der Waals surface area contributed by atoms with Gasteiger partial charge in [-0.05, 0) is 18.2 Å². The molecule has 0 aliphatic rings. The quantitative estimate of drug-likeness (QED) is 0.482. The Morgan fingerprint density at radius 3 is 1.72 bits per heavy atom. The first-order chi connectivity index (χ1) is 14.2. The summed E-state index contributed by atoms with van der Waals surface area (Å²) < 4.78 is 14.9. The van der Waals surface area contributed by atoms with E-state index in [-0.39, 0.29) is 22.5 Å². The minimum atomic E-state index is -0.740. The molecule has 0 amide bonds. The molecule has 0 aliphatic carbocycles. The SMILES string of the molecule is N#Cc1cc(C#N)c(F)c(-c2nc(-c3ccccc3)cc(-c3ccccc3)n2)c1. The number of halogens is 1. The Balaban J connectivity index is 2.00. The molecule has 136 valence electrons. The summed E-state index contributed by atoms with van der Waals surface area (Å²) in [6.07, 6.45) is 0. The van der Waals surface area contributed by atoms with Gasteiger partial charge in [-0.25, -0.2) is 14.4 Å². The number of benzene rings is 3. The Morgan fingerprint density at radius 2 is 1.24 bits per heavy atom. The van der Waals surface area contributed by atoms with Crippen molar-refractivity contribution >= 4 is 0 Å². The molecule has 0 saturated carbocycles. The molecule has 0 spiro atoms. The highest BCUT2D eigenvalue weighted by Gasteiger charge is 2.17. The normalized spacial score (nSPS) is 10.2. The van der Waals surface area contributed by atoms with E-state index in [0.717, 1.165) is 11.1 Å². The molecule has 29 heavy (non-hydrogen) atoms. The topological polar surface area (TPSA) is 73.4 Å². The fraction of sp³-hybridized carbons (Fsp3) is 0. The van der Waals surface area contributed by atoms with E-state index in [1.807, 2.05) is 72.8 Å². The Bertz CT molecular complexity index is 1210. The molecule has 4 rings (SSSR count). The maximum atomic E-state index is 14.9. The lowest BCUT2D eigenvalue weighted by Crippen LogP contribution is -2.00. The minimum Gasteiger partial charge on any atom is -0.228 e. The number of hydrogen-bond acceptors (Lipinski definition) is 4. The number of nitriles is 2. The molecule has 0 aliphatic heterocycles. The molecule has 1 aromatic heterocycles. The van der Waals surface area contributed by atoms with Gasteiger partial charge in [-0.2, -0.15) is 10.5 Å². The smallest absolute Gasteiger partial charge is 0.163 e. The lowest BCUT2D eigenvalue weighted by molar-refractivity contribution is 0.626. The molecule has 0 saturated heterocycles. The summed E-state index contributed by atoms with van der Waals surface area (Å²) in [7, 11) is 0. The van der Waals surface area contributed by atoms with Gasteiger partial charge in [0.2, 0.25) is 0 Å². The maximum absolute atomic E-state index is 14.9. The summed E-state index contributed by atoms with van der Waals surface area (Å²) in [6.45, 7) is 0. The lowest BCUT2D eigenvalue weighted by atomic mass is 10.0. The van der Waals surface area contributed by atoms with Crippen LogP contribution in [0, 0.1) is 28.5 Å². The first-order valence-corrected chi connectivity index (χ1v) is 8.83. The van der Waals surface area contributed by atoms with Crippen LogP contribution in [0.2, 0.25) is 0 Å². The van der Waals surface area contributed by atoms with Crippen LogP contribution in [0.4, 0.5) is 4.39 Å². The van der Waals surface area contributed by atoms with E-state index >= 15 is 0 Å². The van der Waals surface area contributed by atoms with Crippen molar-refractivity contribution in [1.82, 2.24) is 9.97 Å². The zero-order chi connectivity index (χ0) is 20.2. The molecule has 0 N–H and O–H groups in total. The number of rotatable bonds is 3. The first-order valence-electron chi connectivity index (χ1n) is 8.83. The van der Waals surface area contributed by atoms with Crippen molar-refractivity contribution in [3.05, 3.63) is 95.8 Å². The van der Waals surface area contributed by atoms with E-state index in [2.05, 4.69) is 9.97 Å². The maximum Gasteiger partial charge on any atom is 0.163 e. The fourth-order valence-corrected chi connectivity index (χ4v) is 3.01. The third kappa shape index (κ3) is 3.58. The van der Waals surface area contributed by atoms with Gasteiger partial charge in [0.25, 0.3) is 0 Å². The average Bonchev–Trinajstić information content (AvgIpc) is 2.80. The summed E-state index contributed by atoms with van der Waals surface area (Å²) in [5, 5.41) is 18.5. The van der Waals surface area contributed by atoms with Crippen LogP contribution in [-0.2, 0) is 0 Å². The van der Waals surface area contributed by atoms with Gasteiger partial charge >= 0.3 is 0 Å². The highest BCUT2D eigenvalue weighted by atomic mass is 19.1. The van der Waals surface area contributed by atoms with Crippen molar-refractivity contribution in [2.24, 2.45) is 0 Å². The third-order valence-electron chi connectivity index (χ3n) is 4.43. The first kappa shape index (κ1) is 18.0. The molecular weight excluding hydrogens is 363 g/mol. The predicted molar refractivity (Wildman–Crippen MR) is 108 cm³/mol. The summed E-state index contributed by atoms with van der Waals surface area (Å²) in [5.74, 6) is -0.618. The van der Waals surface area contributed by atoms with Crippen LogP contribution in [-0.4, -0.2) is 9.97 Å². The predicted octanol–water partition coefficient (Wildman–Crippen LogP) is 5.36. The van der Waals surface area contributed by atoms with Crippen LogP contribution in [0.3, 0.4) is 0 Å². The van der Waals surface area contributed by atoms with Crippen molar-refractivity contribution in [2.45, 2.75) is 0 Å². The molecule has 0 fully saturated rings. The molecule has 0 unspecified atom stereocenters. The molecule has 0 bridgehead atoms. The average molecular weight is 376 g/mol. The van der Waals surface area contributed by atoms with E-state index in [4.69, 9.17) is 0 Å². The van der Waals surface area contributed by atoms with Crippen LogP contribution in [0.15, 0.2) is 78.9 Å². The molecule has 0 atom stereocenters. The molecule has 5 heteroatoms. The van der Waals surface area contributed by atoms with Gasteiger partial charge < -0.3 is 0 Å². The lowest BCUT2D eigenvalue weighted by Gasteiger charge is -2.10.